The zero-order chi connectivity index (χ0) is 26.9. The number of nitrogens with zero attached hydrogens (tertiary/aromatic N) is 3. The third kappa shape index (κ3) is 8.61. The number of fused-ring (bicyclic) bond motifs is 2. The number of carbonyl (C=O) groups excluding carboxylic acids is 1. The number of hydrogen-bond acceptors (Lipinski definition) is 7. The zero-order valence-corrected chi connectivity index (χ0v) is 24.1. The van der Waals surface area contributed by atoms with Crippen LogP contribution in [0, 0.1) is 17.8 Å². The van der Waals surface area contributed by atoms with Gasteiger partial charge in [0.25, 0.3) is 0 Å². The molecule has 2 N–H and O–H groups in total. The van der Waals surface area contributed by atoms with Gasteiger partial charge in [0, 0.05) is 52.3 Å². The molecule has 2 saturated carbocycles. The average Bonchev–Trinajstić information content (AvgIpc) is 3.01. The molecule has 8 nitrogen and oxygen atoms in total. The highest BCUT2D eigenvalue weighted by atomic mass is 16.5. The molecule has 0 radical (unpaired) electrons. The van der Waals surface area contributed by atoms with Gasteiger partial charge in [-0.05, 0) is 70.4 Å². The molecule has 0 spiro atoms. The molecule has 0 aromatic rings. The molecule has 8 heteroatoms. The van der Waals surface area contributed by atoms with Crippen LogP contribution in [-0.4, -0.2) is 121 Å². The molecule has 6 unspecified atom stereocenters. The number of aliphatic hydroxyl groups is 2. The van der Waals surface area contributed by atoms with E-state index in [1.807, 2.05) is 4.90 Å². The lowest BCUT2D eigenvalue weighted by molar-refractivity contribution is -0.142. The lowest BCUT2D eigenvalue weighted by atomic mass is 9.75. The summed E-state index contributed by atoms with van der Waals surface area (Å²) in [4.78, 5) is 20.2. The molecule has 38 heavy (non-hydrogen) atoms. The lowest BCUT2D eigenvalue weighted by Gasteiger charge is -2.42. The predicted molar refractivity (Wildman–Crippen MR) is 149 cm³/mol. The Kier molecular flexibility index (Phi) is 12.1. The summed E-state index contributed by atoms with van der Waals surface area (Å²) in [6.45, 7) is 11.6. The first-order valence-corrected chi connectivity index (χ1v) is 15.8. The van der Waals surface area contributed by atoms with Crippen LogP contribution in [0.15, 0.2) is 0 Å². The first-order chi connectivity index (χ1) is 18.5. The lowest BCUT2D eigenvalue weighted by Crippen LogP contribution is -2.49. The van der Waals surface area contributed by atoms with Crippen LogP contribution in [-0.2, 0) is 14.3 Å². The van der Waals surface area contributed by atoms with Gasteiger partial charge in [0.1, 0.15) is 0 Å². The quantitative estimate of drug-likeness (QED) is 0.350. The van der Waals surface area contributed by atoms with Gasteiger partial charge in [0.05, 0.1) is 36.9 Å². The Balaban J connectivity index is 1.21. The summed E-state index contributed by atoms with van der Waals surface area (Å²) in [6, 6.07) is 0. The molecular formula is C30H55N3O5. The summed E-state index contributed by atoms with van der Waals surface area (Å²) in [5.41, 5.74) is 0. The smallest absolute Gasteiger partial charge is 0.228 e. The van der Waals surface area contributed by atoms with E-state index in [9.17, 15) is 15.0 Å². The molecule has 220 valence electrons. The number of likely N-dealkylation sites (tertiary alicyclic amines) is 1. The van der Waals surface area contributed by atoms with E-state index in [1.165, 1.54) is 32.1 Å². The second kappa shape index (κ2) is 15.3. The van der Waals surface area contributed by atoms with E-state index in [0.29, 0.717) is 26.2 Å². The third-order valence-corrected chi connectivity index (χ3v) is 9.46. The molecule has 2 aliphatic heterocycles. The standard InChI is InChI=1S/C30H55N3O5/c1-3-12-31(15-16-34)13-6-17-37-27-9-10-28-29(18-27)38-23(2)19-33(30(28)36)22-26(35)21-32-14-11-24-7-4-5-8-25(24)20-32/h23-29,34-35H,3-22H2,1-2H3/t23?,24?,25?,26?,27?,28?,29-/m0/s1. The van der Waals surface area contributed by atoms with Crippen molar-refractivity contribution in [3.63, 3.8) is 0 Å². The van der Waals surface area contributed by atoms with Crippen molar-refractivity contribution in [2.75, 3.05) is 65.6 Å². The predicted octanol–water partition coefficient (Wildman–Crippen LogP) is 2.76. The Labute approximate surface area is 231 Å². The third-order valence-electron chi connectivity index (χ3n) is 9.46. The first-order valence-electron chi connectivity index (χ1n) is 15.8. The molecular weight excluding hydrogens is 482 g/mol. The van der Waals surface area contributed by atoms with Crippen molar-refractivity contribution in [1.29, 1.82) is 0 Å². The maximum absolute atomic E-state index is 13.6. The van der Waals surface area contributed by atoms with Crippen LogP contribution in [0.5, 0.6) is 0 Å². The minimum Gasteiger partial charge on any atom is -0.395 e. The molecule has 7 atom stereocenters. The highest BCUT2D eigenvalue weighted by Crippen LogP contribution is 2.36. The van der Waals surface area contributed by atoms with E-state index < -0.39 is 6.10 Å². The van der Waals surface area contributed by atoms with Crippen LogP contribution in [0.1, 0.15) is 78.1 Å². The number of hydrogen-bond donors (Lipinski definition) is 2. The fourth-order valence-corrected chi connectivity index (χ4v) is 7.60. The number of aliphatic hydroxyl groups excluding tert-OH is 2. The summed E-state index contributed by atoms with van der Waals surface area (Å²) >= 11 is 0. The van der Waals surface area contributed by atoms with Crippen LogP contribution in [0.3, 0.4) is 0 Å². The maximum atomic E-state index is 13.6. The summed E-state index contributed by atoms with van der Waals surface area (Å²) in [5, 5.41) is 20.2. The molecule has 0 bridgehead atoms. The van der Waals surface area contributed by atoms with Crippen LogP contribution in [0.4, 0.5) is 0 Å². The van der Waals surface area contributed by atoms with E-state index >= 15 is 0 Å². The second-order valence-corrected chi connectivity index (χ2v) is 12.6. The summed E-state index contributed by atoms with van der Waals surface area (Å²) in [5.74, 6) is 1.71. The fourth-order valence-electron chi connectivity index (χ4n) is 7.60. The molecule has 2 aliphatic carbocycles. The number of piperidine rings is 1. The molecule has 0 aromatic carbocycles. The van der Waals surface area contributed by atoms with Crippen molar-refractivity contribution in [3.05, 3.63) is 0 Å². The van der Waals surface area contributed by atoms with Crippen molar-refractivity contribution in [1.82, 2.24) is 14.7 Å². The Morgan fingerprint density at radius 1 is 1.05 bits per heavy atom. The van der Waals surface area contributed by atoms with Gasteiger partial charge in [-0.15, -0.1) is 0 Å². The van der Waals surface area contributed by atoms with Crippen molar-refractivity contribution in [2.24, 2.45) is 17.8 Å². The molecule has 2 saturated heterocycles. The van der Waals surface area contributed by atoms with Crippen molar-refractivity contribution >= 4 is 5.91 Å². The highest BCUT2D eigenvalue weighted by molar-refractivity contribution is 5.80. The van der Waals surface area contributed by atoms with Gasteiger partial charge < -0.3 is 34.4 Å². The number of β-amino-alcohol motifs (C(OH)–C–C–N with tert-alkyl or cyclic N) is 1. The summed E-state index contributed by atoms with van der Waals surface area (Å²) < 4.78 is 12.6. The minimum atomic E-state index is -0.513. The molecule has 4 aliphatic rings. The second-order valence-electron chi connectivity index (χ2n) is 12.6. The topological polar surface area (TPSA) is 85.7 Å². The van der Waals surface area contributed by atoms with E-state index in [2.05, 4.69) is 23.6 Å². The average molecular weight is 538 g/mol. The summed E-state index contributed by atoms with van der Waals surface area (Å²) in [7, 11) is 0. The highest BCUT2D eigenvalue weighted by Gasteiger charge is 2.42. The maximum Gasteiger partial charge on any atom is 0.228 e. The normalized spacial score (nSPS) is 33.6. The zero-order valence-electron chi connectivity index (χ0n) is 24.1. The van der Waals surface area contributed by atoms with Crippen LogP contribution >= 0.6 is 0 Å². The van der Waals surface area contributed by atoms with E-state index in [0.717, 1.165) is 76.7 Å². The summed E-state index contributed by atoms with van der Waals surface area (Å²) in [6.07, 6.45) is 10.7. The van der Waals surface area contributed by atoms with Gasteiger partial charge in [-0.2, -0.15) is 0 Å². The van der Waals surface area contributed by atoms with E-state index in [-0.39, 0.29) is 36.7 Å². The Hall–Kier alpha value is -0.770. The van der Waals surface area contributed by atoms with Gasteiger partial charge >= 0.3 is 0 Å². The molecule has 4 rings (SSSR count). The van der Waals surface area contributed by atoms with Gasteiger partial charge in [-0.3, -0.25) is 4.79 Å². The number of ether oxygens (including phenoxy) is 2. The van der Waals surface area contributed by atoms with Crippen molar-refractivity contribution in [2.45, 2.75) is 102 Å². The Bertz CT molecular complexity index is 705. The first kappa shape index (κ1) is 30.2. The molecule has 0 aromatic heterocycles. The molecule has 1 amide bonds. The fraction of sp³-hybridized carbons (Fsp3) is 0.967. The van der Waals surface area contributed by atoms with Gasteiger partial charge in [0.15, 0.2) is 0 Å². The van der Waals surface area contributed by atoms with Crippen molar-refractivity contribution < 1.29 is 24.5 Å². The van der Waals surface area contributed by atoms with Crippen LogP contribution in [0.25, 0.3) is 0 Å². The van der Waals surface area contributed by atoms with E-state index in [4.69, 9.17) is 9.47 Å². The molecule has 2 heterocycles. The number of carbonyl (C=O) groups is 1. The molecule has 4 fully saturated rings. The number of amides is 1. The SMILES string of the molecule is CCCN(CCO)CCCOC1CCC2C(=O)N(CC(O)CN3CCC4CCCCC4C3)CC(C)O[C@H]2C1. The largest absolute Gasteiger partial charge is 0.395 e. The van der Waals surface area contributed by atoms with Gasteiger partial charge in [0.2, 0.25) is 5.91 Å². The Morgan fingerprint density at radius 2 is 1.87 bits per heavy atom. The minimum absolute atomic E-state index is 0.0426. The van der Waals surface area contributed by atoms with Crippen LogP contribution in [0.2, 0.25) is 0 Å². The van der Waals surface area contributed by atoms with E-state index in [1.54, 1.807) is 0 Å². The monoisotopic (exact) mass is 537 g/mol. The van der Waals surface area contributed by atoms with Gasteiger partial charge in [-0.25, -0.2) is 0 Å². The van der Waals surface area contributed by atoms with Gasteiger partial charge in [-0.1, -0.05) is 26.2 Å². The Morgan fingerprint density at radius 3 is 2.66 bits per heavy atom. The number of rotatable bonds is 13. The van der Waals surface area contributed by atoms with Crippen LogP contribution < -0.4 is 0 Å². The van der Waals surface area contributed by atoms with Crippen molar-refractivity contribution in [3.8, 4) is 0 Å².